The summed E-state index contributed by atoms with van der Waals surface area (Å²) in [5.41, 5.74) is 5.74. The fourth-order valence-electron chi connectivity index (χ4n) is 1.10. The molecule has 0 aliphatic heterocycles. The summed E-state index contributed by atoms with van der Waals surface area (Å²) in [6, 6.07) is 0.583. The Kier molecular flexibility index (Phi) is 4.04. The zero-order valence-corrected chi connectivity index (χ0v) is 8.52. The van der Waals surface area contributed by atoms with Crippen molar-refractivity contribution in [2.24, 2.45) is 5.73 Å². The molecular formula is C9H22N2. The molecule has 0 spiro atoms. The van der Waals surface area contributed by atoms with Crippen LogP contribution in [-0.4, -0.2) is 30.1 Å². The predicted octanol–water partition coefficient (Wildman–Crippen LogP) is 1.45. The van der Waals surface area contributed by atoms with E-state index < -0.39 is 0 Å². The number of nitrogens with zero attached hydrogens (tertiary/aromatic N) is 1. The van der Waals surface area contributed by atoms with Crippen molar-refractivity contribution in [2.75, 3.05) is 13.6 Å². The SMILES string of the molecule is CC(CCN)N(C)C(C)(C)C. The molecule has 2 heteroatoms. The van der Waals surface area contributed by atoms with E-state index in [-0.39, 0.29) is 5.54 Å². The van der Waals surface area contributed by atoms with Gasteiger partial charge in [0.15, 0.2) is 0 Å². The smallest absolute Gasteiger partial charge is 0.0124 e. The second-order valence-electron chi connectivity index (χ2n) is 4.21. The highest BCUT2D eigenvalue weighted by atomic mass is 15.2. The third kappa shape index (κ3) is 3.73. The van der Waals surface area contributed by atoms with Crippen molar-refractivity contribution < 1.29 is 0 Å². The molecule has 2 nitrogen and oxygen atoms in total. The molecule has 0 radical (unpaired) electrons. The first kappa shape index (κ1) is 10.9. The predicted molar refractivity (Wildman–Crippen MR) is 50.6 cm³/mol. The zero-order valence-electron chi connectivity index (χ0n) is 8.52. The second kappa shape index (κ2) is 4.07. The Bertz CT molecular complexity index is 105. The standard InChI is InChI=1S/C9H22N2/c1-8(6-7-10)11(5)9(2,3)4/h8H,6-7,10H2,1-5H3. The molecule has 0 saturated carbocycles. The first-order valence-corrected chi connectivity index (χ1v) is 4.32. The Labute approximate surface area is 70.8 Å². The van der Waals surface area contributed by atoms with Crippen molar-refractivity contribution in [2.45, 2.75) is 45.7 Å². The van der Waals surface area contributed by atoms with Gasteiger partial charge in [0.2, 0.25) is 0 Å². The summed E-state index contributed by atoms with van der Waals surface area (Å²) in [5, 5.41) is 0. The lowest BCUT2D eigenvalue weighted by Gasteiger charge is -2.36. The molecule has 0 aliphatic carbocycles. The van der Waals surface area contributed by atoms with Crippen LogP contribution in [0.15, 0.2) is 0 Å². The van der Waals surface area contributed by atoms with Gasteiger partial charge in [-0.05, 0) is 47.7 Å². The average molecular weight is 158 g/mol. The molecule has 0 aromatic heterocycles. The quantitative estimate of drug-likeness (QED) is 0.673. The molecule has 0 bridgehead atoms. The van der Waals surface area contributed by atoms with Gasteiger partial charge in [0.1, 0.15) is 0 Å². The second-order valence-corrected chi connectivity index (χ2v) is 4.21. The minimum atomic E-state index is 0.259. The highest BCUT2D eigenvalue weighted by Gasteiger charge is 2.20. The van der Waals surface area contributed by atoms with Crippen molar-refractivity contribution in [3.05, 3.63) is 0 Å². The van der Waals surface area contributed by atoms with Crippen LogP contribution in [0.3, 0.4) is 0 Å². The van der Waals surface area contributed by atoms with Gasteiger partial charge in [-0.1, -0.05) is 0 Å². The van der Waals surface area contributed by atoms with E-state index in [1.165, 1.54) is 0 Å². The molecule has 0 rings (SSSR count). The van der Waals surface area contributed by atoms with Gasteiger partial charge in [-0.3, -0.25) is 4.90 Å². The lowest BCUT2D eigenvalue weighted by Crippen LogP contribution is -2.44. The average Bonchev–Trinajstić information content (AvgIpc) is 1.85. The lowest BCUT2D eigenvalue weighted by molar-refractivity contribution is 0.122. The maximum absolute atomic E-state index is 5.48. The van der Waals surface area contributed by atoms with Crippen molar-refractivity contribution in [3.8, 4) is 0 Å². The van der Waals surface area contributed by atoms with Gasteiger partial charge < -0.3 is 5.73 Å². The molecule has 2 N–H and O–H groups in total. The van der Waals surface area contributed by atoms with Gasteiger partial charge in [0.05, 0.1) is 0 Å². The Hall–Kier alpha value is -0.0800. The molecule has 1 unspecified atom stereocenters. The Morgan fingerprint density at radius 2 is 1.82 bits per heavy atom. The number of nitrogens with two attached hydrogens (primary N) is 1. The van der Waals surface area contributed by atoms with E-state index in [0.29, 0.717) is 6.04 Å². The molecule has 0 aliphatic rings. The Morgan fingerprint density at radius 1 is 1.36 bits per heavy atom. The molecule has 1 atom stereocenters. The number of hydrogen-bond donors (Lipinski definition) is 1. The van der Waals surface area contributed by atoms with E-state index in [1.807, 2.05) is 0 Å². The molecule has 0 fully saturated rings. The molecule has 0 heterocycles. The Morgan fingerprint density at radius 3 is 2.09 bits per heavy atom. The third-order valence-corrected chi connectivity index (χ3v) is 2.30. The lowest BCUT2D eigenvalue weighted by atomic mass is 10.0. The van der Waals surface area contributed by atoms with Gasteiger partial charge in [0.25, 0.3) is 0 Å². The Balaban J connectivity index is 3.91. The van der Waals surface area contributed by atoms with Gasteiger partial charge in [-0.15, -0.1) is 0 Å². The summed E-state index contributed by atoms with van der Waals surface area (Å²) in [4.78, 5) is 2.36. The normalized spacial score (nSPS) is 15.5. The van der Waals surface area contributed by atoms with E-state index in [0.717, 1.165) is 13.0 Å². The maximum atomic E-state index is 5.48. The fourth-order valence-corrected chi connectivity index (χ4v) is 1.10. The summed E-state index contributed by atoms with van der Waals surface area (Å²) in [5.74, 6) is 0. The van der Waals surface area contributed by atoms with E-state index in [2.05, 4.69) is 39.6 Å². The zero-order chi connectivity index (χ0) is 9.07. The van der Waals surface area contributed by atoms with Crippen LogP contribution < -0.4 is 5.73 Å². The molecular weight excluding hydrogens is 136 g/mol. The molecule has 0 amide bonds. The van der Waals surface area contributed by atoms with Gasteiger partial charge in [-0.25, -0.2) is 0 Å². The third-order valence-electron chi connectivity index (χ3n) is 2.30. The van der Waals surface area contributed by atoms with Crippen molar-refractivity contribution >= 4 is 0 Å². The van der Waals surface area contributed by atoms with E-state index in [4.69, 9.17) is 5.73 Å². The van der Waals surface area contributed by atoms with Crippen molar-refractivity contribution in [1.29, 1.82) is 0 Å². The summed E-state index contributed by atoms with van der Waals surface area (Å²) >= 11 is 0. The monoisotopic (exact) mass is 158 g/mol. The molecule has 0 aromatic rings. The highest BCUT2D eigenvalue weighted by molar-refractivity contribution is 4.77. The summed E-state index contributed by atoms with van der Waals surface area (Å²) < 4.78 is 0. The number of rotatable bonds is 3. The minimum absolute atomic E-state index is 0.259. The van der Waals surface area contributed by atoms with Crippen LogP contribution in [0.1, 0.15) is 34.1 Å². The first-order chi connectivity index (χ1) is 4.89. The van der Waals surface area contributed by atoms with Crippen molar-refractivity contribution in [1.82, 2.24) is 4.90 Å². The van der Waals surface area contributed by atoms with Crippen LogP contribution in [0, 0.1) is 0 Å². The van der Waals surface area contributed by atoms with E-state index in [1.54, 1.807) is 0 Å². The topological polar surface area (TPSA) is 29.3 Å². The molecule has 11 heavy (non-hydrogen) atoms. The first-order valence-electron chi connectivity index (χ1n) is 4.32. The molecule has 0 aromatic carbocycles. The van der Waals surface area contributed by atoms with Gasteiger partial charge in [-0.2, -0.15) is 0 Å². The van der Waals surface area contributed by atoms with Crippen LogP contribution in [0.4, 0.5) is 0 Å². The molecule has 0 saturated heterocycles. The number of hydrogen-bond acceptors (Lipinski definition) is 2. The van der Waals surface area contributed by atoms with E-state index >= 15 is 0 Å². The molecule has 68 valence electrons. The van der Waals surface area contributed by atoms with Crippen LogP contribution in [-0.2, 0) is 0 Å². The maximum Gasteiger partial charge on any atom is 0.0124 e. The summed E-state index contributed by atoms with van der Waals surface area (Å²) in [6.45, 7) is 9.67. The van der Waals surface area contributed by atoms with Gasteiger partial charge >= 0.3 is 0 Å². The summed E-state index contributed by atoms with van der Waals surface area (Å²) in [6.07, 6.45) is 1.08. The van der Waals surface area contributed by atoms with Crippen LogP contribution in [0.5, 0.6) is 0 Å². The summed E-state index contributed by atoms with van der Waals surface area (Å²) in [7, 11) is 2.15. The van der Waals surface area contributed by atoms with E-state index in [9.17, 15) is 0 Å². The highest BCUT2D eigenvalue weighted by Crippen LogP contribution is 2.15. The van der Waals surface area contributed by atoms with Crippen LogP contribution in [0.25, 0.3) is 0 Å². The van der Waals surface area contributed by atoms with Crippen LogP contribution in [0.2, 0.25) is 0 Å². The largest absolute Gasteiger partial charge is 0.330 e. The fraction of sp³-hybridized carbons (Fsp3) is 1.00. The van der Waals surface area contributed by atoms with Crippen molar-refractivity contribution in [3.63, 3.8) is 0 Å². The van der Waals surface area contributed by atoms with Crippen LogP contribution >= 0.6 is 0 Å². The minimum Gasteiger partial charge on any atom is -0.330 e. The van der Waals surface area contributed by atoms with Gasteiger partial charge in [0, 0.05) is 11.6 Å².